The highest BCUT2D eigenvalue weighted by Gasteiger charge is 2.75. The van der Waals surface area contributed by atoms with Gasteiger partial charge in [0.25, 0.3) is 0 Å². The molecule has 11 heteroatoms. The number of likely N-dealkylation sites (tertiary alicyclic amines) is 1. The van der Waals surface area contributed by atoms with Crippen LogP contribution in [-0.2, 0) is 28.7 Å². The number of halogens is 1. The number of benzene rings is 1. The normalized spacial score (nSPS) is 34.0. The number of aliphatic hydroxyl groups is 1. The van der Waals surface area contributed by atoms with Crippen molar-refractivity contribution < 1.29 is 33.8 Å². The van der Waals surface area contributed by atoms with Gasteiger partial charge in [0.05, 0.1) is 24.6 Å². The lowest BCUT2D eigenvalue weighted by Gasteiger charge is -2.38. The first kappa shape index (κ1) is 32.4. The minimum absolute atomic E-state index is 0.185. The summed E-state index contributed by atoms with van der Waals surface area (Å²) in [5, 5.41) is 13.3. The summed E-state index contributed by atoms with van der Waals surface area (Å²) in [7, 11) is 0. The van der Waals surface area contributed by atoms with Gasteiger partial charge in [-0.05, 0) is 37.8 Å². The molecule has 0 aliphatic carbocycles. The van der Waals surface area contributed by atoms with Crippen molar-refractivity contribution in [1.29, 1.82) is 0 Å². The van der Waals surface area contributed by atoms with Gasteiger partial charge in [0.2, 0.25) is 17.7 Å². The lowest BCUT2D eigenvalue weighted by molar-refractivity contribution is -0.162. The maximum atomic E-state index is 14.6. The number of hydrogen-bond donors (Lipinski definition) is 2. The monoisotopic (exact) mass is 671 g/mol. The van der Waals surface area contributed by atoms with Gasteiger partial charge in [-0.15, -0.1) is 0 Å². The van der Waals surface area contributed by atoms with Gasteiger partial charge < -0.3 is 29.7 Å². The smallest absolute Gasteiger partial charge is 0.313 e. The van der Waals surface area contributed by atoms with E-state index < -0.39 is 59.6 Å². The fraction of sp³-hybridized carbons (Fsp3) is 0.576. The highest BCUT2D eigenvalue weighted by Crippen LogP contribution is 2.59. The minimum atomic E-state index is -1.41. The number of cyclic esters (lactones) is 1. The maximum absolute atomic E-state index is 14.6. The number of ether oxygens (including phenoxy) is 2. The van der Waals surface area contributed by atoms with Crippen molar-refractivity contribution in [3.63, 3.8) is 0 Å². The van der Waals surface area contributed by atoms with Crippen LogP contribution in [0.25, 0.3) is 0 Å². The van der Waals surface area contributed by atoms with Gasteiger partial charge >= 0.3 is 5.97 Å². The van der Waals surface area contributed by atoms with Crippen LogP contribution in [0.4, 0.5) is 0 Å². The average Bonchev–Trinajstić information content (AvgIpc) is 3.61. The maximum Gasteiger partial charge on any atom is 0.313 e. The number of esters is 1. The number of aliphatic hydroxyl groups excluding tert-OH is 1. The van der Waals surface area contributed by atoms with E-state index in [0.717, 1.165) is 12.8 Å². The predicted molar refractivity (Wildman–Crippen MR) is 166 cm³/mol. The number of allylic oxidation sites excluding steroid dienone is 1. The molecule has 8 atom stereocenters. The second kappa shape index (κ2) is 13.5. The van der Waals surface area contributed by atoms with Crippen molar-refractivity contribution in [2.24, 2.45) is 11.8 Å². The topological polar surface area (TPSA) is 125 Å². The first-order valence-corrected chi connectivity index (χ1v) is 16.4. The molecule has 5 rings (SSSR count). The van der Waals surface area contributed by atoms with Crippen molar-refractivity contribution in [3.05, 3.63) is 58.6 Å². The van der Waals surface area contributed by atoms with Crippen LogP contribution in [0, 0.1) is 11.8 Å². The van der Waals surface area contributed by atoms with E-state index >= 15 is 0 Å². The summed E-state index contributed by atoms with van der Waals surface area (Å²) in [6.07, 6.45) is 6.64. The number of nitrogens with zero attached hydrogens (tertiary/aromatic N) is 2. The third-order valence-electron chi connectivity index (χ3n) is 9.28. The minimum Gasteiger partial charge on any atom is -0.455 e. The number of unbranched alkanes of at least 4 members (excludes halogenated alkanes) is 1. The number of amides is 3. The molecule has 0 saturated carbocycles. The van der Waals surface area contributed by atoms with Crippen LogP contribution in [0.1, 0.15) is 64.5 Å². The van der Waals surface area contributed by atoms with Crippen LogP contribution in [0.3, 0.4) is 0 Å². The zero-order valence-electron chi connectivity index (χ0n) is 25.5. The summed E-state index contributed by atoms with van der Waals surface area (Å²) < 4.78 is 13.3. The van der Waals surface area contributed by atoms with E-state index in [2.05, 4.69) is 21.2 Å². The van der Waals surface area contributed by atoms with Crippen molar-refractivity contribution in [2.45, 2.75) is 88.8 Å². The molecule has 5 bridgehead atoms. The van der Waals surface area contributed by atoms with Gasteiger partial charge in [-0.2, -0.15) is 0 Å². The molecule has 44 heavy (non-hydrogen) atoms. The Morgan fingerprint density at radius 3 is 2.52 bits per heavy atom. The van der Waals surface area contributed by atoms with E-state index in [9.17, 15) is 24.3 Å². The Hall–Kier alpha value is -3.02. The molecule has 3 amide bonds. The van der Waals surface area contributed by atoms with E-state index in [1.54, 1.807) is 17.9 Å². The lowest BCUT2D eigenvalue weighted by atomic mass is 9.74. The fourth-order valence-electron chi connectivity index (χ4n) is 7.07. The number of hydrogen-bond acceptors (Lipinski definition) is 7. The Kier molecular flexibility index (Phi) is 9.96. The summed E-state index contributed by atoms with van der Waals surface area (Å²) >= 11 is 3.58. The first-order valence-electron chi connectivity index (χ1n) is 15.7. The molecule has 1 aromatic carbocycles. The zero-order chi connectivity index (χ0) is 31.6. The number of carbonyl (C=O) groups is 4. The third-order valence-corrected chi connectivity index (χ3v) is 9.96. The van der Waals surface area contributed by atoms with Crippen LogP contribution < -0.4 is 5.32 Å². The second-order valence-electron chi connectivity index (χ2n) is 12.1. The molecule has 2 N–H and O–H groups in total. The van der Waals surface area contributed by atoms with Crippen molar-refractivity contribution in [3.8, 4) is 0 Å². The molecule has 4 aliphatic heterocycles. The van der Waals surface area contributed by atoms with Gasteiger partial charge in [-0.1, -0.05) is 78.7 Å². The van der Waals surface area contributed by atoms with E-state index in [0.29, 0.717) is 36.0 Å². The molecule has 1 spiro atoms. The van der Waals surface area contributed by atoms with E-state index in [-0.39, 0.29) is 24.8 Å². The van der Waals surface area contributed by atoms with Gasteiger partial charge in [-0.3, -0.25) is 19.2 Å². The summed E-state index contributed by atoms with van der Waals surface area (Å²) in [4.78, 5) is 59.2. The van der Waals surface area contributed by atoms with Crippen LogP contribution in [0.2, 0.25) is 0 Å². The van der Waals surface area contributed by atoms with Crippen LogP contribution in [0.15, 0.2) is 53.0 Å². The quantitative estimate of drug-likeness (QED) is 0.336. The second-order valence-corrected chi connectivity index (χ2v) is 13.0. The molecule has 2 saturated heterocycles. The molecule has 2 fully saturated rings. The SMILES string of the molecule is CCCCN1C/C=C\CCC(=O)N[C@@H](C)[C@H](c2ccccc2)OC(=O)[C@H]2[C@@H]3O[C@@]4(C=C3Br)[C@@H]2C(=O)N([C@@H](CC)CO)[C@@H]4C1=O. The van der Waals surface area contributed by atoms with Crippen molar-refractivity contribution in [2.75, 3.05) is 19.7 Å². The van der Waals surface area contributed by atoms with Crippen LogP contribution >= 0.6 is 15.9 Å². The molecule has 238 valence electrons. The summed E-state index contributed by atoms with van der Waals surface area (Å²) in [6.45, 7) is 6.11. The summed E-state index contributed by atoms with van der Waals surface area (Å²) in [5.74, 6) is -3.59. The van der Waals surface area contributed by atoms with Crippen molar-refractivity contribution >= 4 is 39.6 Å². The molecular weight excluding hydrogens is 630 g/mol. The molecule has 0 unspecified atom stereocenters. The molecule has 0 radical (unpaired) electrons. The molecule has 1 aromatic rings. The predicted octanol–water partition coefficient (Wildman–Crippen LogP) is 3.40. The summed E-state index contributed by atoms with van der Waals surface area (Å²) in [6, 6.07) is 6.91. The lowest BCUT2D eigenvalue weighted by Crippen LogP contribution is -2.58. The first-order chi connectivity index (χ1) is 21.2. The molecule has 4 heterocycles. The number of rotatable bonds is 7. The largest absolute Gasteiger partial charge is 0.455 e. The van der Waals surface area contributed by atoms with E-state index in [1.807, 2.05) is 56.3 Å². The standard InChI is InChI=1S/C33H42BrN3O7/c1-4-6-16-36-17-12-8-11-15-24(39)35-20(3)27(21-13-9-7-10-14-21)43-32(42)25-26-30(40)37(22(5-2)19-38)29(31(36)41)33(26)18-23(34)28(25)44-33/h7-10,12-14,18,20,22,25-29,38H,4-6,11,15-17,19H2,1-3H3,(H,35,39)/b12-8-/t20-,22-,25+,26-,27+,28+,29+,33-/m0/s1. The van der Waals surface area contributed by atoms with E-state index in [1.165, 1.54) is 4.90 Å². The van der Waals surface area contributed by atoms with Crippen molar-refractivity contribution in [1.82, 2.24) is 15.1 Å². The Morgan fingerprint density at radius 2 is 1.84 bits per heavy atom. The molecule has 10 nitrogen and oxygen atoms in total. The third kappa shape index (κ3) is 5.74. The Balaban J connectivity index is 1.62. The highest BCUT2D eigenvalue weighted by molar-refractivity contribution is 9.11. The van der Waals surface area contributed by atoms with Gasteiger partial charge in [0, 0.05) is 24.0 Å². The van der Waals surface area contributed by atoms with Crippen LogP contribution in [0.5, 0.6) is 0 Å². The Morgan fingerprint density at radius 1 is 1.09 bits per heavy atom. The summed E-state index contributed by atoms with van der Waals surface area (Å²) in [5.41, 5.74) is -0.709. The fourth-order valence-corrected chi connectivity index (χ4v) is 7.80. The van der Waals surface area contributed by atoms with Gasteiger partial charge in [-0.25, -0.2) is 0 Å². The zero-order valence-corrected chi connectivity index (χ0v) is 27.1. The number of fused-ring (bicyclic) bond motifs is 2. The average molecular weight is 673 g/mol. The van der Waals surface area contributed by atoms with E-state index in [4.69, 9.17) is 9.47 Å². The van der Waals surface area contributed by atoms with Gasteiger partial charge in [0.15, 0.2) is 0 Å². The Bertz CT molecular complexity index is 1320. The number of nitrogens with one attached hydrogen (secondary N) is 1. The highest BCUT2D eigenvalue weighted by atomic mass is 79.9. The van der Waals surface area contributed by atoms with Gasteiger partial charge in [0.1, 0.15) is 29.8 Å². The van der Waals surface area contributed by atoms with Crippen LogP contribution in [-0.4, -0.2) is 88.1 Å². The molecular formula is C33H42BrN3O7. The molecule has 4 aliphatic rings. The number of carbonyl (C=O) groups excluding carboxylic acids is 4. The molecule has 0 aromatic heterocycles. The Labute approximate surface area is 266 Å².